The van der Waals surface area contributed by atoms with Crippen LogP contribution < -0.4 is 0 Å². The van der Waals surface area contributed by atoms with Gasteiger partial charge in [-0.1, -0.05) is 55.5 Å². The summed E-state index contributed by atoms with van der Waals surface area (Å²) in [6, 6.07) is 9.70. The molecule has 1 heteroatoms. The van der Waals surface area contributed by atoms with Crippen molar-refractivity contribution < 1.29 is 5.11 Å². The average molecular weight is 202 g/mol. The third kappa shape index (κ3) is 3.37. The number of allylic oxidation sites excluding steroid dienone is 2. The molecule has 0 radical (unpaired) electrons. The Kier molecular flexibility index (Phi) is 4.32. The highest BCUT2D eigenvalue weighted by Gasteiger charge is 2.10. The Morgan fingerprint density at radius 2 is 2.00 bits per heavy atom. The molecule has 0 saturated heterocycles. The van der Waals surface area contributed by atoms with Crippen molar-refractivity contribution in [3.8, 4) is 0 Å². The maximum atomic E-state index is 10.1. The lowest BCUT2D eigenvalue weighted by molar-refractivity contribution is 0.212. The molecule has 1 nitrogen and oxygen atoms in total. The number of hydrogen-bond acceptors (Lipinski definition) is 1. The molecule has 1 rings (SSSR count). The van der Waals surface area contributed by atoms with Gasteiger partial charge in [-0.15, -0.1) is 0 Å². The second kappa shape index (κ2) is 5.52. The van der Waals surface area contributed by atoms with E-state index >= 15 is 0 Å². The fourth-order valence-electron chi connectivity index (χ4n) is 1.54. The Bertz CT molecular complexity index is 349. The molecule has 15 heavy (non-hydrogen) atoms. The summed E-state index contributed by atoms with van der Waals surface area (Å²) >= 11 is 0. The summed E-state index contributed by atoms with van der Waals surface area (Å²) in [4.78, 5) is 0. The van der Waals surface area contributed by atoms with Crippen LogP contribution in [0.4, 0.5) is 0 Å². The van der Waals surface area contributed by atoms with Crippen LogP contribution in [0.5, 0.6) is 0 Å². The molecule has 1 aromatic rings. The van der Waals surface area contributed by atoms with Crippen molar-refractivity contribution in [2.45, 2.75) is 26.4 Å². The minimum Gasteiger partial charge on any atom is -0.384 e. The Hall–Kier alpha value is -1.34. The maximum absolute atomic E-state index is 10.1. The number of benzene rings is 1. The van der Waals surface area contributed by atoms with E-state index in [9.17, 15) is 5.11 Å². The number of aliphatic hydroxyl groups excluding tert-OH is 1. The Balaban J connectivity index is 2.92. The zero-order valence-corrected chi connectivity index (χ0v) is 9.40. The summed E-state index contributed by atoms with van der Waals surface area (Å²) in [5.41, 5.74) is 2.92. The number of aliphatic hydroxyl groups is 1. The first-order valence-corrected chi connectivity index (χ1v) is 5.24. The van der Waals surface area contributed by atoms with E-state index in [0.717, 1.165) is 23.1 Å². The SMILES string of the molecule is C=C(C)/C=C(\CC)[C@H](O)c1ccccc1. The molecule has 1 atom stereocenters. The summed E-state index contributed by atoms with van der Waals surface area (Å²) < 4.78 is 0. The van der Waals surface area contributed by atoms with Crippen molar-refractivity contribution in [1.82, 2.24) is 0 Å². The number of rotatable bonds is 4. The summed E-state index contributed by atoms with van der Waals surface area (Å²) in [5.74, 6) is 0. The molecule has 1 N–H and O–H groups in total. The first-order valence-electron chi connectivity index (χ1n) is 5.24. The van der Waals surface area contributed by atoms with Gasteiger partial charge in [0.15, 0.2) is 0 Å². The molecule has 0 heterocycles. The van der Waals surface area contributed by atoms with Gasteiger partial charge in [-0.3, -0.25) is 0 Å². The topological polar surface area (TPSA) is 20.2 Å². The summed E-state index contributed by atoms with van der Waals surface area (Å²) in [7, 11) is 0. The molecule has 0 aliphatic rings. The van der Waals surface area contributed by atoms with Crippen LogP contribution in [-0.4, -0.2) is 5.11 Å². The lowest BCUT2D eigenvalue weighted by Gasteiger charge is -2.14. The zero-order valence-electron chi connectivity index (χ0n) is 9.40. The van der Waals surface area contributed by atoms with Gasteiger partial charge in [-0.25, -0.2) is 0 Å². The molecule has 1 aromatic carbocycles. The van der Waals surface area contributed by atoms with Crippen LogP contribution in [0.25, 0.3) is 0 Å². The van der Waals surface area contributed by atoms with Crippen LogP contribution in [0.15, 0.2) is 54.1 Å². The number of hydrogen-bond donors (Lipinski definition) is 1. The zero-order chi connectivity index (χ0) is 11.3. The lowest BCUT2D eigenvalue weighted by atomic mass is 9.98. The molecule has 0 unspecified atom stereocenters. The van der Waals surface area contributed by atoms with Gasteiger partial charge in [0.25, 0.3) is 0 Å². The normalized spacial score (nSPS) is 13.7. The van der Waals surface area contributed by atoms with E-state index in [4.69, 9.17) is 0 Å². The highest BCUT2D eigenvalue weighted by Crippen LogP contribution is 2.24. The average Bonchev–Trinajstić information content (AvgIpc) is 2.26. The summed E-state index contributed by atoms with van der Waals surface area (Å²) in [5, 5.41) is 10.1. The van der Waals surface area contributed by atoms with Crippen molar-refractivity contribution in [1.29, 1.82) is 0 Å². The second-order valence-corrected chi connectivity index (χ2v) is 3.73. The lowest BCUT2D eigenvalue weighted by Crippen LogP contribution is -2.00. The molecule has 0 aromatic heterocycles. The highest BCUT2D eigenvalue weighted by molar-refractivity contribution is 5.29. The van der Waals surface area contributed by atoms with Gasteiger partial charge in [0, 0.05) is 0 Å². The molecule has 0 saturated carbocycles. The van der Waals surface area contributed by atoms with Gasteiger partial charge < -0.3 is 5.11 Å². The minimum absolute atomic E-state index is 0.507. The van der Waals surface area contributed by atoms with Crippen LogP contribution in [0.2, 0.25) is 0 Å². The van der Waals surface area contributed by atoms with Crippen LogP contribution in [0, 0.1) is 0 Å². The molecule has 0 spiro atoms. The van der Waals surface area contributed by atoms with Gasteiger partial charge in [0.05, 0.1) is 0 Å². The van der Waals surface area contributed by atoms with Crippen molar-refractivity contribution in [3.63, 3.8) is 0 Å². The van der Waals surface area contributed by atoms with Gasteiger partial charge in [0.2, 0.25) is 0 Å². The third-order valence-electron chi connectivity index (χ3n) is 2.31. The summed E-state index contributed by atoms with van der Waals surface area (Å²) in [6.45, 7) is 7.81. The van der Waals surface area contributed by atoms with Gasteiger partial charge in [0.1, 0.15) is 6.10 Å². The van der Waals surface area contributed by atoms with Gasteiger partial charge >= 0.3 is 0 Å². The monoisotopic (exact) mass is 202 g/mol. The van der Waals surface area contributed by atoms with Crippen LogP contribution >= 0.6 is 0 Å². The molecular weight excluding hydrogens is 184 g/mol. The maximum Gasteiger partial charge on any atom is 0.100 e. The van der Waals surface area contributed by atoms with Gasteiger partial charge in [-0.05, 0) is 24.5 Å². The Morgan fingerprint density at radius 1 is 1.40 bits per heavy atom. The van der Waals surface area contributed by atoms with Gasteiger partial charge in [-0.2, -0.15) is 0 Å². The predicted octanol–water partition coefficient (Wildman–Crippen LogP) is 3.63. The molecule has 0 aliphatic heterocycles. The first-order chi connectivity index (χ1) is 7.15. The summed E-state index contributed by atoms with van der Waals surface area (Å²) in [6.07, 6.45) is 2.29. The van der Waals surface area contributed by atoms with E-state index in [0.29, 0.717) is 0 Å². The highest BCUT2D eigenvalue weighted by atomic mass is 16.3. The molecule has 0 bridgehead atoms. The van der Waals surface area contributed by atoms with Crippen molar-refractivity contribution >= 4 is 0 Å². The van der Waals surface area contributed by atoms with Crippen molar-refractivity contribution in [2.24, 2.45) is 0 Å². The quantitative estimate of drug-likeness (QED) is 0.739. The van der Waals surface area contributed by atoms with Crippen molar-refractivity contribution in [3.05, 3.63) is 59.7 Å². The van der Waals surface area contributed by atoms with E-state index < -0.39 is 6.10 Å². The second-order valence-electron chi connectivity index (χ2n) is 3.73. The standard InChI is InChI=1S/C14H18O/c1-4-12(10-11(2)3)14(15)13-8-6-5-7-9-13/h5-10,14-15H,2,4H2,1,3H3/b12-10+/t14-/m0/s1. The van der Waals surface area contributed by atoms with E-state index in [-0.39, 0.29) is 0 Å². The minimum atomic E-state index is -0.507. The van der Waals surface area contributed by atoms with Crippen LogP contribution in [0.3, 0.4) is 0 Å². The smallest absolute Gasteiger partial charge is 0.100 e. The van der Waals surface area contributed by atoms with Crippen molar-refractivity contribution in [2.75, 3.05) is 0 Å². The molecule has 0 aliphatic carbocycles. The Labute approximate surface area is 91.8 Å². The molecule has 80 valence electrons. The fraction of sp³-hybridized carbons (Fsp3) is 0.286. The van der Waals surface area contributed by atoms with E-state index in [1.165, 1.54) is 0 Å². The van der Waals surface area contributed by atoms with E-state index in [2.05, 4.69) is 6.58 Å². The fourth-order valence-corrected chi connectivity index (χ4v) is 1.54. The molecule has 0 amide bonds. The molecular formula is C14H18O. The largest absolute Gasteiger partial charge is 0.384 e. The predicted molar refractivity (Wildman–Crippen MR) is 64.6 cm³/mol. The molecule has 0 fully saturated rings. The van der Waals surface area contributed by atoms with E-state index in [1.807, 2.05) is 50.3 Å². The van der Waals surface area contributed by atoms with Crippen LogP contribution in [0.1, 0.15) is 31.9 Å². The third-order valence-corrected chi connectivity index (χ3v) is 2.31. The first kappa shape index (κ1) is 11.7. The Morgan fingerprint density at radius 3 is 2.47 bits per heavy atom. The van der Waals surface area contributed by atoms with Crippen LogP contribution in [-0.2, 0) is 0 Å². The van der Waals surface area contributed by atoms with E-state index in [1.54, 1.807) is 0 Å².